The summed E-state index contributed by atoms with van der Waals surface area (Å²) in [5, 5.41) is 13.9. The van der Waals surface area contributed by atoms with Crippen LogP contribution >= 0.6 is 0 Å². The van der Waals surface area contributed by atoms with Crippen LogP contribution in [0.2, 0.25) is 0 Å². The third-order valence-corrected chi connectivity index (χ3v) is 4.05. The number of pyridine rings is 1. The van der Waals surface area contributed by atoms with Crippen LogP contribution in [-0.4, -0.2) is 33.9 Å². The Balaban J connectivity index is 1.95. The molecule has 0 unspecified atom stereocenters. The van der Waals surface area contributed by atoms with Gasteiger partial charge in [-0.3, -0.25) is 4.68 Å². The van der Waals surface area contributed by atoms with Gasteiger partial charge in [0.1, 0.15) is 0 Å². The zero-order valence-electron chi connectivity index (χ0n) is 14.3. The molecular weight excluding hydrogens is 286 g/mol. The highest BCUT2D eigenvalue weighted by Crippen LogP contribution is 2.32. The van der Waals surface area contributed by atoms with Gasteiger partial charge in [-0.05, 0) is 26.0 Å². The molecule has 122 valence electrons. The fraction of sp³-hybridized carbons (Fsp3) is 0.444. The molecule has 0 fully saturated rings. The second-order valence-corrected chi connectivity index (χ2v) is 6.30. The van der Waals surface area contributed by atoms with E-state index in [0.717, 1.165) is 52.8 Å². The average Bonchev–Trinajstić information content (AvgIpc) is 2.80. The highest BCUT2D eigenvalue weighted by molar-refractivity contribution is 6.07. The van der Waals surface area contributed by atoms with Gasteiger partial charge in [-0.2, -0.15) is 5.10 Å². The van der Waals surface area contributed by atoms with Gasteiger partial charge in [-0.25, -0.2) is 4.98 Å². The normalized spacial score (nSPS) is 11.7. The van der Waals surface area contributed by atoms with Crippen molar-refractivity contribution in [3.05, 3.63) is 30.0 Å². The SMILES string of the molecule is Cc1nn(C)c2nc3ccccc3c(NCCCNC(C)C)c12. The lowest BCUT2D eigenvalue weighted by Crippen LogP contribution is -2.25. The Morgan fingerprint density at radius 3 is 2.74 bits per heavy atom. The van der Waals surface area contributed by atoms with Gasteiger partial charge in [0.2, 0.25) is 0 Å². The van der Waals surface area contributed by atoms with E-state index in [-0.39, 0.29) is 0 Å². The van der Waals surface area contributed by atoms with Gasteiger partial charge in [0.05, 0.1) is 22.3 Å². The van der Waals surface area contributed by atoms with Crippen molar-refractivity contribution in [2.24, 2.45) is 7.05 Å². The Morgan fingerprint density at radius 2 is 1.96 bits per heavy atom. The topological polar surface area (TPSA) is 54.8 Å². The van der Waals surface area contributed by atoms with E-state index in [1.165, 1.54) is 0 Å². The van der Waals surface area contributed by atoms with E-state index in [1.807, 2.05) is 24.7 Å². The zero-order valence-corrected chi connectivity index (χ0v) is 14.3. The quantitative estimate of drug-likeness (QED) is 0.686. The van der Waals surface area contributed by atoms with Crippen molar-refractivity contribution in [3.63, 3.8) is 0 Å². The fourth-order valence-corrected chi connectivity index (χ4v) is 2.97. The van der Waals surface area contributed by atoms with Crippen molar-refractivity contribution in [2.45, 2.75) is 33.2 Å². The van der Waals surface area contributed by atoms with Crippen molar-refractivity contribution in [1.29, 1.82) is 0 Å². The minimum atomic E-state index is 0.532. The minimum absolute atomic E-state index is 0.532. The lowest BCUT2D eigenvalue weighted by atomic mass is 10.1. The molecule has 0 bridgehead atoms. The average molecular weight is 311 g/mol. The van der Waals surface area contributed by atoms with E-state index in [1.54, 1.807) is 0 Å². The lowest BCUT2D eigenvalue weighted by Gasteiger charge is -2.13. The first-order valence-corrected chi connectivity index (χ1v) is 8.27. The predicted octanol–water partition coefficient (Wildman–Crippen LogP) is 3.23. The largest absolute Gasteiger partial charge is 0.384 e. The molecule has 23 heavy (non-hydrogen) atoms. The van der Waals surface area contributed by atoms with E-state index in [4.69, 9.17) is 4.98 Å². The molecule has 2 aromatic heterocycles. The van der Waals surface area contributed by atoms with E-state index in [0.29, 0.717) is 6.04 Å². The number of para-hydroxylation sites is 1. The second kappa shape index (κ2) is 6.54. The highest BCUT2D eigenvalue weighted by Gasteiger charge is 2.14. The van der Waals surface area contributed by atoms with E-state index < -0.39 is 0 Å². The standard InChI is InChI=1S/C18H25N5/c1-12(2)19-10-7-11-20-17-14-8-5-6-9-15(14)21-18-16(17)13(3)22-23(18)4/h5-6,8-9,12,19H,7,10-11H2,1-4H3,(H,20,21). The smallest absolute Gasteiger partial charge is 0.160 e. The van der Waals surface area contributed by atoms with Gasteiger partial charge in [0.25, 0.3) is 0 Å². The van der Waals surface area contributed by atoms with Crippen molar-refractivity contribution in [2.75, 3.05) is 18.4 Å². The summed E-state index contributed by atoms with van der Waals surface area (Å²) < 4.78 is 1.86. The molecule has 0 radical (unpaired) electrons. The molecule has 0 aliphatic rings. The summed E-state index contributed by atoms with van der Waals surface area (Å²) in [6.45, 7) is 8.34. The van der Waals surface area contributed by atoms with Crippen LogP contribution in [-0.2, 0) is 7.05 Å². The molecule has 0 amide bonds. The molecule has 1 aromatic carbocycles. The molecule has 3 rings (SSSR count). The van der Waals surface area contributed by atoms with Crippen LogP contribution in [0.15, 0.2) is 24.3 Å². The number of benzene rings is 1. The molecule has 2 heterocycles. The molecule has 5 heteroatoms. The van der Waals surface area contributed by atoms with Gasteiger partial charge in [-0.15, -0.1) is 0 Å². The van der Waals surface area contributed by atoms with Crippen LogP contribution in [0.3, 0.4) is 0 Å². The number of fused-ring (bicyclic) bond motifs is 2. The second-order valence-electron chi connectivity index (χ2n) is 6.30. The Kier molecular flexibility index (Phi) is 4.48. The van der Waals surface area contributed by atoms with Crippen LogP contribution in [0.5, 0.6) is 0 Å². The molecule has 5 nitrogen and oxygen atoms in total. The van der Waals surface area contributed by atoms with Gasteiger partial charge in [0, 0.05) is 25.0 Å². The molecule has 0 aliphatic heterocycles. The van der Waals surface area contributed by atoms with Crippen LogP contribution in [0.1, 0.15) is 26.0 Å². The third kappa shape index (κ3) is 3.15. The number of hydrogen-bond donors (Lipinski definition) is 2. The fourth-order valence-electron chi connectivity index (χ4n) is 2.97. The van der Waals surface area contributed by atoms with E-state index >= 15 is 0 Å². The maximum Gasteiger partial charge on any atom is 0.160 e. The maximum atomic E-state index is 4.77. The summed E-state index contributed by atoms with van der Waals surface area (Å²) >= 11 is 0. The molecule has 0 saturated heterocycles. The van der Waals surface area contributed by atoms with Gasteiger partial charge >= 0.3 is 0 Å². The van der Waals surface area contributed by atoms with Gasteiger partial charge in [0.15, 0.2) is 5.65 Å². The molecular formula is C18H25N5. The van der Waals surface area contributed by atoms with Crippen molar-refractivity contribution in [3.8, 4) is 0 Å². The van der Waals surface area contributed by atoms with E-state index in [2.05, 4.69) is 47.8 Å². The molecule has 0 spiro atoms. The molecule has 0 aliphatic carbocycles. The number of nitrogens with one attached hydrogen (secondary N) is 2. The first-order valence-electron chi connectivity index (χ1n) is 8.27. The Hall–Kier alpha value is -2.14. The van der Waals surface area contributed by atoms with Crippen LogP contribution < -0.4 is 10.6 Å². The summed E-state index contributed by atoms with van der Waals surface area (Å²) in [6, 6.07) is 8.81. The minimum Gasteiger partial charge on any atom is -0.384 e. The molecule has 2 N–H and O–H groups in total. The predicted molar refractivity (Wildman–Crippen MR) is 97.0 cm³/mol. The van der Waals surface area contributed by atoms with Crippen molar-refractivity contribution < 1.29 is 0 Å². The number of aryl methyl sites for hydroxylation is 2. The Labute approximate surface area is 137 Å². The van der Waals surface area contributed by atoms with Gasteiger partial charge in [-0.1, -0.05) is 32.0 Å². The monoisotopic (exact) mass is 311 g/mol. The first kappa shape index (κ1) is 15.7. The summed E-state index contributed by atoms with van der Waals surface area (Å²) in [4.78, 5) is 4.77. The zero-order chi connectivity index (χ0) is 16.4. The van der Waals surface area contributed by atoms with E-state index in [9.17, 15) is 0 Å². The molecule has 3 aromatic rings. The number of nitrogens with zero attached hydrogens (tertiary/aromatic N) is 3. The highest BCUT2D eigenvalue weighted by atomic mass is 15.3. The Bertz CT molecular complexity index is 819. The number of rotatable bonds is 6. The number of hydrogen-bond acceptors (Lipinski definition) is 4. The van der Waals surface area contributed by atoms with Crippen molar-refractivity contribution >= 4 is 27.6 Å². The first-order chi connectivity index (χ1) is 11.1. The van der Waals surface area contributed by atoms with Gasteiger partial charge < -0.3 is 10.6 Å². The summed E-state index contributed by atoms with van der Waals surface area (Å²) in [5.41, 5.74) is 4.11. The number of anilines is 1. The summed E-state index contributed by atoms with van der Waals surface area (Å²) in [7, 11) is 1.95. The summed E-state index contributed by atoms with van der Waals surface area (Å²) in [5.74, 6) is 0. The Morgan fingerprint density at radius 1 is 1.17 bits per heavy atom. The van der Waals surface area contributed by atoms with Crippen molar-refractivity contribution in [1.82, 2.24) is 20.1 Å². The molecule has 0 atom stereocenters. The van der Waals surface area contributed by atoms with Crippen LogP contribution in [0.25, 0.3) is 21.9 Å². The third-order valence-electron chi connectivity index (χ3n) is 4.05. The van der Waals surface area contributed by atoms with Crippen LogP contribution in [0, 0.1) is 6.92 Å². The molecule has 0 saturated carbocycles. The lowest BCUT2D eigenvalue weighted by molar-refractivity contribution is 0.578. The summed E-state index contributed by atoms with van der Waals surface area (Å²) in [6.07, 6.45) is 1.08. The number of aromatic nitrogens is 3. The van der Waals surface area contributed by atoms with Crippen LogP contribution in [0.4, 0.5) is 5.69 Å². The maximum absolute atomic E-state index is 4.77.